The highest BCUT2D eigenvalue weighted by Crippen LogP contribution is 2.59. The summed E-state index contributed by atoms with van der Waals surface area (Å²) < 4.78 is 6.58. The van der Waals surface area contributed by atoms with E-state index in [4.69, 9.17) is 4.74 Å². The Balaban J connectivity index is 1.43. The van der Waals surface area contributed by atoms with Crippen molar-refractivity contribution in [1.82, 2.24) is 15.5 Å². The van der Waals surface area contributed by atoms with Crippen LogP contribution < -0.4 is 10.6 Å². The van der Waals surface area contributed by atoms with Gasteiger partial charge in [-0.05, 0) is 43.6 Å². The van der Waals surface area contributed by atoms with Gasteiger partial charge in [-0.3, -0.25) is 14.4 Å². The molecule has 5 rings (SSSR count). The highest BCUT2D eigenvalue weighted by molar-refractivity contribution is 7.09. The Morgan fingerprint density at radius 3 is 2.66 bits per heavy atom. The highest BCUT2D eigenvalue weighted by atomic mass is 32.1. The first-order valence-corrected chi connectivity index (χ1v) is 13.9. The van der Waals surface area contributed by atoms with Crippen LogP contribution in [0.15, 0.2) is 29.7 Å². The fourth-order valence-corrected chi connectivity index (χ4v) is 7.14. The number of hydrogen-bond acceptors (Lipinski definition) is 5. The zero-order chi connectivity index (χ0) is 24.8. The molecule has 4 aliphatic rings. The molecular formula is C27H37N3O4S. The van der Waals surface area contributed by atoms with Gasteiger partial charge < -0.3 is 20.3 Å². The fourth-order valence-electron chi connectivity index (χ4n) is 6.49. The van der Waals surface area contributed by atoms with Crippen molar-refractivity contribution in [1.29, 1.82) is 0 Å². The van der Waals surface area contributed by atoms with E-state index in [1.807, 2.05) is 36.6 Å². The number of likely N-dealkylation sites (tertiary alicyclic amines) is 1. The van der Waals surface area contributed by atoms with Gasteiger partial charge in [0.1, 0.15) is 11.6 Å². The summed E-state index contributed by atoms with van der Waals surface area (Å²) in [7, 11) is 0. The third kappa shape index (κ3) is 4.22. The van der Waals surface area contributed by atoms with Gasteiger partial charge in [-0.1, -0.05) is 51.3 Å². The molecule has 1 aromatic heterocycles. The van der Waals surface area contributed by atoms with E-state index in [-0.39, 0.29) is 23.8 Å². The molecule has 3 amide bonds. The highest BCUT2D eigenvalue weighted by Gasteiger charge is 2.76. The minimum absolute atomic E-state index is 0.136. The van der Waals surface area contributed by atoms with Gasteiger partial charge in [0.05, 0.1) is 24.0 Å². The monoisotopic (exact) mass is 499 g/mol. The van der Waals surface area contributed by atoms with Crippen molar-refractivity contribution < 1.29 is 19.1 Å². The normalized spacial score (nSPS) is 34.0. The molecule has 35 heavy (non-hydrogen) atoms. The standard InChI is InChI=1S/C27H37N3O4S/c1-17(2)11-14-30-22(24(32)29-18-8-5-4-6-9-18)27-13-12-26(3,34-27)20(21(27)25(30)33)23(31)28-16-19-10-7-15-35-19/h7,10,12-13,15,17-18,20-22H,4-6,8-9,11,14,16H2,1-3H3,(H,28,31)(H,29,32)/t20-,21+,22+,26+,27+/m0/s1. The van der Waals surface area contributed by atoms with E-state index in [1.165, 1.54) is 6.42 Å². The second-order valence-corrected chi connectivity index (χ2v) is 12.2. The van der Waals surface area contributed by atoms with Crippen LogP contribution in [-0.4, -0.2) is 52.5 Å². The summed E-state index contributed by atoms with van der Waals surface area (Å²) in [6.45, 7) is 6.99. The second-order valence-electron chi connectivity index (χ2n) is 11.2. The number of carbonyl (C=O) groups is 3. The average molecular weight is 500 g/mol. The second kappa shape index (κ2) is 9.36. The number of rotatable bonds is 8. The smallest absolute Gasteiger partial charge is 0.246 e. The number of fused-ring (bicyclic) bond motifs is 1. The van der Waals surface area contributed by atoms with Gasteiger partial charge in [0, 0.05) is 17.5 Å². The Hall–Kier alpha value is -2.19. The van der Waals surface area contributed by atoms with E-state index >= 15 is 0 Å². The summed E-state index contributed by atoms with van der Waals surface area (Å²) in [6.07, 6.45) is 9.96. The maximum Gasteiger partial charge on any atom is 0.246 e. The molecule has 190 valence electrons. The lowest BCUT2D eigenvalue weighted by molar-refractivity contribution is -0.145. The predicted octanol–water partition coefficient (Wildman–Crippen LogP) is 3.40. The van der Waals surface area contributed by atoms with Crippen LogP contribution >= 0.6 is 11.3 Å². The van der Waals surface area contributed by atoms with Gasteiger partial charge >= 0.3 is 0 Å². The molecule has 1 saturated carbocycles. The molecule has 2 bridgehead atoms. The Kier molecular flexibility index (Phi) is 6.55. The number of amides is 3. The van der Waals surface area contributed by atoms with Crippen molar-refractivity contribution in [3.8, 4) is 0 Å². The number of carbonyl (C=O) groups excluding carboxylic acids is 3. The third-order valence-electron chi connectivity index (χ3n) is 8.24. The number of hydrogen-bond donors (Lipinski definition) is 2. The number of thiophene rings is 1. The summed E-state index contributed by atoms with van der Waals surface area (Å²) in [5.74, 6) is -1.46. The molecule has 8 heteroatoms. The Morgan fingerprint density at radius 1 is 1.20 bits per heavy atom. The molecule has 2 N–H and O–H groups in total. The van der Waals surface area contributed by atoms with Crippen molar-refractivity contribution in [2.45, 2.75) is 89.1 Å². The molecule has 5 atom stereocenters. The Bertz CT molecular complexity index is 1000. The number of nitrogens with one attached hydrogen (secondary N) is 2. The minimum atomic E-state index is -1.10. The van der Waals surface area contributed by atoms with Gasteiger partial charge in [0.25, 0.3) is 0 Å². The van der Waals surface area contributed by atoms with Crippen molar-refractivity contribution in [3.63, 3.8) is 0 Å². The quantitative estimate of drug-likeness (QED) is 0.537. The molecule has 0 radical (unpaired) electrons. The number of ether oxygens (including phenoxy) is 1. The van der Waals surface area contributed by atoms with Crippen LogP contribution in [0.2, 0.25) is 0 Å². The van der Waals surface area contributed by atoms with E-state index in [1.54, 1.807) is 16.2 Å². The zero-order valence-corrected chi connectivity index (χ0v) is 21.7. The topological polar surface area (TPSA) is 87.7 Å². The molecule has 4 heterocycles. The maximum atomic E-state index is 13.9. The predicted molar refractivity (Wildman–Crippen MR) is 134 cm³/mol. The van der Waals surface area contributed by atoms with Crippen LogP contribution in [-0.2, 0) is 25.7 Å². The van der Waals surface area contributed by atoms with Gasteiger partial charge in [0.15, 0.2) is 0 Å². The van der Waals surface area contributed by atoms with Crippen molar-refractivity contribution in [3.05, 3.63) is 34.5 Å². The fraction of sp³-hybridized carbons (Fsp3) is 0.667. The van der Waals surface area contributed by atoms with Crippen molar-refractivity contribution in [2.24, 2.45) is 17.8 Å². The first-order chi connectivity index (χ1) is 16.7. The van der Waals surface area contributed by atoms with Crippen LogP contribution in [0.25, 0.3) is 0 Å². The lowest BCUT2D eigenvalue weighted by Gasteiger charge is -2.35. The third-order valence-corrected chi connectivity index (χ3v) is 9.12. The summed E-state index contributed by atoms with van der Waals surface area (Å²) in [5, 5.41) is 8.25. The van der Waals surface area contributed by atoms with E-state index in [9.17, 15) is 14.4 Å². The van der Waals surface area contributed by atoms with Crippen LogP contribution in [0.5, 0.6) is 0 Å². The molecule has 0 unspecified atom stereocenters. The van der Waals surface area contributed by atoms with Gasteiger partial charge in [0.2, 0.25) is 17.7 Å². The van der Waals surface area contributed by atoms with Gasteiger partial charge in [-0.25, -0.2) is 0 Å². The van der Waals surface area contributed by atoms with Crippen LogP contribution in [0, 0.1) is 17.8 Å². The lowest BCUT2D eigenvalue weighted by atomic mass is 9.70. The van der Waals surface area contributed by atoms with E-state index in [0.717, 1.165) is 37.0 Å². The Morgan fingerprint density at radius 2 is 1.97 bits per heavy atom. The van der Waals surface area contributed by atoms with E-state index in [2.05, 4.69) is 24.5 Å². The van der Waals surface area contributed by atoms with Crippen LogP contribution in [0.4, 0.5) is 0 Å². The van der Waals surface area contributed by atoms with E-state index < -0.39 is 29.1 Å². The van der Waals surface area contributed by atoms with Crippen LogP contribution in [0.1, 0.15) is 64.2 Å². The summed E-state index contributed by atoms with van der Waals surface area (Å²) in [4.78, 5) is 44.0. The molecule has 1 aromatic rings. The summed E-state index contributed by atoms with van der Waals surface area (Å²) in [5.41, 5.74) is -2.01. The largest absolute Gasteiger partial charge is 0.356 e. The molecule has 1 spiro atoms. The molecule has 7 nitrogen and oxygen atoms in total. The molecule has 2 saturated heterocycles. The van der Waals surface area contributed by atoms with Gasteiger partial charge in [-0.15, -0.1) is 11.3 Å². The molecule has 3 fully saturated rings. The number of nitrogens with zero attached hydrogens (tertiary/aromatic N) is 1. The SMILES string of the molecule is CC(C)CCN1C(=O)[C@H]2[C@@H](C(=O)NCc3cccs3)[C@@]3(C)C=C[C@]2(O3)[C@H]1C(=O)NC1CCCCC1. The first kappa shape index (κ1) is 24.5. The first-order valence-electron chi connectivity index (χ1n) is 13.1. The van der Waals surface area contributed by atoms with E-state index in [0.29, 0.717) is 19.0 Å². The average Bonchev–Trinajstić information content (AvgIpc) is 3.56. The van der Waals surface area contributed by atoms with Gasteiger partial charge in [-0.2, -0.15) is 0 Å². The summed E-state index contributed by atoms with van der Waals surface area (Å²) in [6, 6.07) is 3.31. The molecule has 3 aliphatic heterocycles. The molecule has 1 aliphatic carbocycles. The van der Waals surface area contributed by atoms with Crippen molar-refractivity contribution >= 4 is 29.1 Å². The summed E-state index contributed by atoms with van der Waals surface area (Å²) >= 11 is 1.58. The zero-order valence-electron chi connectivity index (χ0n) is 20.9. The minimum Gasteiger partial charge on any atom is -0.356 e. The lowest BCUT2D eigenvalue weighted by Crippen LogP contribution is -2.56. The molecule has 0 aromatic carbocycles. The molecular weight excluding hydrogens is 462 g/mol. The Labute approximate surface area is 211 Å². The maximum absolute atomic E-state index is 13.9. The van der Waals surface area contributed by atoms with Crippen LogP contribution in [0.3, 0.4) is 0 Å². The van der Waals surface area contributed by atoms with Crippen molar-refractivity contribution in [2.75, 3.05) is 6.54 Å².